The summed E-state index contributed by atoms with van der Waals surface area (Å²) in [4.78, 5) is 26.4. The molecular formula is C16H28N2O2. The largest absolute Gasteiger partial charge is 0.351 e. The van der Waals surface area contributed by atoms with Gasteiger partial charge in [-0.25, -0.2) is 0 Å². The SMILES string of the molecule is CCCC(C)(C)NC(=O)[C@@H]1CC(=O)N(C2CCCC2)C1. The molecule has 1 saturated carbocycles. The van der Waals surface area contributed by atoms with Gasteiger partial charge in [0.1, 0.15) is 0 Å². The molecule has 1 atom stereocenters. The second kappa shape index (κ2) is 6.15. The Bertz CT molecular complexity index is 373. The number of carbonyl (C=O) groups excluding carboxylic acids is 2. The standard InChI is InChI=1S/C16H28N2O2/c1-4-9-16(2,3)17-15(20)12-10-14(19)18(11-12)13-7-5-6-8-13/h12-13H,4-11H2,1-3H3,(H,17,20)/t12-/m1/s1. The van der Waals surface area contributed by atoms with Crippen molar-refractivity contribution in [3.8, 4) is 0 Å². The molecule has 1 heterocycles. The number of carbonyl (C=O) groups is 2. The zero-order chi connectivity index (χ0) is 14.8. The molecule has 1 saturated heterocycles. The molecule has 0 aromatic carbocycles. The number of nitrogens with zero attached hydrogens (tertiary/aromatic N) is 1. The van der Waals surface area contributed by atoms with Crippen molar-refractivity contribution in [2.24, 2.45) is 5.92 Å². The van der Waals surface area contributed by atoms with E-state index in [2.05, 4.69) is 26.1 Å². The van der Waals surface area contributed by atoms with Crippen molar-refractivity contribution in [2.75, 3.05) is 6.54 Å². The van der Waals surface area contributed by atoms with Crippen molar-refractivity contribution in [1.82, 2.24) is 10.2 Å². The van der Waals surface area contributed by atoms with Crippen LogP contribution in [0.5, 0.6) is 0 Å². The number of likely N-dealkylation sites (tertiary alicyclic amines) is 1. The second-order valence-electron chi connectivity index (χ2n) is 7.01. The van der Waals surface area contributed by atoms with Gasteiger partial charge in [0.25, 0.3) is 0 Å². The zero-order valence-electron chi connectivity index (χ0n) is 13.1. The Morgan fingerprint density at radius 3 is 2.60 bits per heavy atom. The van der Waals surface area contributed by atoms with Gasteiger partial charge >= 0.3 is 0 Å². The van der Waals surface area contributed by atoms with E-state index >= 15 is 0 Å². The highest BCUT2D eigenvalue weighted by molar-refractivity contribution is 5.89. The summed E-state index contributed by atoms with van der Waals surface area (Å²) in [5.74, 6) is 0.0712. The lowest BCUT2D eigenvalue weighted by atomic mass is 9.97. The van der Waals surface area contributed by atoms with Gasteiger partial charge in [0.05, 0.1) is 5.92 Å². The minimum atomic E-state index is -0.171. The van der Waals surface area contributed by atoms with E-state index in [1.807, 2.05) is 4.90 Å². The zero-order valence-corrected chi connectivity index (χ0v) is 13.1. The highest BCUT2D eigenvalue weighted by Crippen LogP contribution is 2.29. The molecule has 1 aliphatic carbocycles. The molecular weight excluding hydrogens is 252 g/mol. The van der Waals surface area contributed by atoms with E-state index in [-0.39, 0.29) is 23.3 Å². The average molecular weight is 280 g/mol. The smallest absolute Gasteiger partial charge is 0.225 e. The number of hydrogen-bond acceptors (Lipinski definition) is 2. The van der Waals surface area contributed by atoms with Crippen LogP contribution in [0, 0.1) is 5.92 Å². The number of nitrogens with one attached hydrogen (secondary N) is 1. The van der Waals surface area contributed by atoms with E-state index in [9.17, 15) is 9.59 Å². The van der Waals surface area contributed by atoms with Gasteiger partial charge in [-0.15, -0.1) is 0 Å². The van der Waals surface area contributed by atoms with E-state index in [0.717, 1.165) is 25.7 Å². The van der Waals surface area contributed by atoms with Crippen LogP contribution in [0.1, 0.15) is 65.7 Å². The molecule has 0 aromatic rings. The summed E-state index contributed by atoms with van der Waals surface area (Å²) >= 11 is 0. The van der Waals surface area contributed by atoms with Gasteiger partial charge in [-0.2, -0.15) is 0 Å². The predicted octanol–water partition coefficient (Wildman–Crippen LogP) is 2.47. The maximum atomic E-state index is 12.4. The Labute approximate surface area is 122 Å². The molecule has 4 nitrogen and oxygen atoms in total. The van der Waals surface area contributed by atoms with Crippen LogP contribution < -0.4 is 5.32 Å². The summed E-state index contributed by atoms with van der Waals surface area (Å²) in [6.45, 7) is 6.85. The fourth-order valence-electron chi connectivity index (χ4n) is 3.60. The van der Waals surface area contributed by atoms with Gasteiger partial charge in [-0.3, -0.25) is 9.59 Å². The van der Waals surface area contributed by atoms with E-state index in [4.69, 9.17) is 0 Å². The molecule has 20 heavy (non-hydrogen) atoms. The molecule has 2 rings (SSSR count). The van der Waals surface area contributed by atoms with Gasteiger partial charge in [-0.1, -0.05) is 26.2 Å². The monoisotopic (exact) mass is 280 g/mol. The topological polar surface area (TPSA) is 49.4 Å². The molecule has 0 unspecified atom stereocenters. The van der Waals surface area contributed by atoms with Crippen LogP contribution in [0.4, 0.5) is 0 Å². The van der Waals surface area contributed by atoms with Crippen LogP contribution in [0.15, 0.2) is 0 Å². The lowest BCUT2D eigenvalue weighted by molar-refractivity contribution is -0.130. The van der Waals surface area contributed by atoms with E-state index in [1.54, 1.807) is 0 Å². The summed E-state index contributed by atoms with van der Waals surface area (Å²) < 4.78 is 0. The first-order valence-electron chi connectivity index (χ1n) is 8.04. The maximum Gasteiger partial charge on any atom is 0.225 e. The number of rotatable bonds is 5. The van der Waals surface area contributed by atoms with Gasteiger partial charge in [-0.05, 0) is 33.1 Å². The molecule has 2 amide bonds. The Kier molecular flexibility index (Phi) is 4.71. The maximum absolute atomic E-state index is 12.4. The van der Waals surface area contributed by atoms with Crippen LogP contribution in [0.2, 0.25) is 0 Å². The quantitative estimate of drug-likeness (QED) is 0.841. The summed E-state index contributed by atoms with van der Waals surface area (Å²) in [7, 11) is 0. The Hall–Kier alpha value is -1.06. The Balaban J connectivity index is 1.90. The highest BCUT2D eigenvalue weighted by Gasteiger charge is 2.39. The Morgan fingerprint density at radius 1 is 1.35 bits per heavy atom. The van der Waals surface area contributed by atoms with Crippen LogP contribution >= 0.6 is 0 Å². The van der Waals surface area contributed by atoms with Crippen LogP contribution in [-0.4, -0.2) is 34.8 Å². The van der Waals surface area contributed by atoms with Gasteiger partial charge in [0.15, 0.2) is 0 Å². The molecule has 0 spiro atoms. The van der Waals surface area contributed by atoms with Crippen LogP contribution in [0.25, 0.3) is 0 Å². The first-order chi connectivity index (χ1) is 9.43. The van der Waals surface area contributed by atoms with E-state index in [1.165, 1.54) is 12.8 Å². The third kappa shape index (κ3) is 3.53. The molecule has 1 N–H and O–H groups in total. The van der Waals surface area contributed by atoms with Crippen LogP contribution in [-0.2, 0) is 9.59 Å². The van der Waals surface area contributed by atoms with E-state index < -0.39 is 0 Å². The first-order valence-corrected chi connectivity index (χ1v) is 8.04. The first kappa shape index (κ1) is 15.3. The van der Waals surface area contributed by atoms with Crippen molar-refractivity contribution in [2.45, 2.75) is 77.3 Å². The van der Waals surface area contributed by atoms with Gasteiger partial charge in [0.2, 0.25) is 11.8 Å². The number of hydrogen-bond donors (Lipinski definition) is 1. The summed E-state index contributed by atoms with van der Waals surface area (Å²) in [6.07, 6.45) is 7.06. The number of amides is 2. The minimum absolute atomic E-state index is 0.0531. The second-order valence-corrected chi connectivity index (χ2v) is 7.01. The van der Waals surface area contributed by atoms with Crippen molar-refractivity contribution in [3.63, 3.8) is 0 Å². The average Bonchev–Trinajstić information content (AvgIpc) is 2.96. The van der Waals surface area contributed by atoms with Crippen molar-refractivity contribution in [1.29, 1.82) is 0 Å². The summed E-state index contributed by atoms with van der Waals surface area (Å²) in [6, 6.07) is 0.393. The van der Waals surface area contributed by atoms with Crippen molar-refractivity contribution in [3.05, 3.63) is 0 Å². The third-order valence-electron chi connectivity index (χ3n) is 4.63. The molecule has 4 heteroatoms. The fraction of sp³-hybridized carbons (Fsp3) is 0.875. The van der Waals surface area contributed by atoms with E-state index in [0.29, 0.717) is 19.0 Å². The fourth-order valence-corrected chi connectivity index (χ4v) is 3.60. The minimum Gasteiger partial charge on any atom is -0.351 e. The molecule has 1 aliphatic heterocycles. The lowest BCUT2D eigenvalue weighted by Crippen LogP contribution is -2.46. The molecule has 2 fully saturated rings. The van der Waals surface area contributed by atoms with Crippen molar-refractivity contribution < 1.29 is 9.59 Å². The molecule has 2 aliphatic rings. The molecule has 0 bridgehead atoms. The van der Waals surface area contributed by atoms with Crippen LogP contribution in [0.3, 0.4) is 0 Å². The molecule has 0 radical (unpaired) electrons. The summed E-state index contributed by atoms with van der Waals surface area (Å²) in [5.41, 5.74) is -0.171. The summed E-state index contributed by atoms with van der Waals surface area (Å²) in [5, 5.41) is 3.11. The Morgan fingerprint density at radius 2 is 2.00 bits per heavy atom. The predicted molar refractivity (Wildman–Crippen MR) is 79.2 cm³/mol. The van der Waals surface area contributed by atoms with Crippen molar-refractivity contribution >= 4 is 11.8 Å². The normalized spacial score (nSPS) is 24.4. The highest BCUT2D eigenvalue weighted by atomic mass is 16.2. The molecule has 0 aromatic heterocycles. The molecule has 114 valence electrons. The lowest BCUT2D eigenvalue weighted by Gasteiger charge is -2.28. The third-order valence-corrected chi connectivity index (χ3v) is 4.63. The van der Waals surface area contributed by atoms with Gasteiger partial charge < -0.3 is 10.2 Å². The van der Waals surface area contributed by atoms with Gasteiger partial charge in [0, 0.05) is 24.5 Å².